The Morgan fingerprint density at radius 3 is 2.76 bits per heavy atom. The Morgan fingerprint density at radius 1 is 0.941 bits per heavy atom. The molecule has 2 heterocycles. The molecule has 80 valence electrons. The highest BCUT2D eigenvalue weighted by atomic mass is 15.0. The molecule has 0 saturated carbocycles. The Labute approximate surface area is 98.2 Å². The van der Waals surface area contributed by atoms with Gasteiger partial charge in [0.2, 0.25) is 0 Å². The fourth-order valence-corrected chi connectivity index (χ4v) is 2.42. The summed E-state index contributed by atoms with van der Waals surface area (Å²) in [7, 11) is 0. The summed E-state index contributed by atoms with van der Waals surface area (Å²) < 4.78 is 0. The predicted molar refractivity (Wildman–Crippen MR) is 68.3 cm³/mol. The van der Waals surface area contributed by atoms with E-state index >= 15 is 0 Å². The number of hydrogen-bond acceptors (Lipinski definition) is 3. The molecule has 2 aromatic carbocycles. The molecule has 0 spiro atoms. The van der Waals surface area contributed by atoms with Crippen LogP contribution >= 0.6 is 0 Å². The lowest BCUT2D eigenvalue weighted by Gasteiger charge is -2.20. The molecule has 0 aliphatic carbocycles. The van der Waals surface area contributed by atoms with Crippen LogP contribution in [0.4, 0.5) is 11.4 Å². The summed E-state index contributed by atoms with van der Waals surface area (Å²) in [6.45, 7) is 0. The van der Waals surface area contributed by atoms with Crippen molar-refractivity contribution in [2.75, 3.05) is 5.32 Å². The van der Waals surface area contributed by atoms with Gasteiger partial charge in [0, 0.05) is 16.6 Å². The first kappa shape index (κ1) is 8.70. The van der Waals surface area contributed by atoms with Crippen molar-refractivity contribution in [2.24, 2.45) is 0 Å². The average molecular weight is 219 g/mol. The molecule has 1 aromatic heterocycles. The summed E-state index contributed by atoms with van der Waals surface area (Å²) in [6.07, 6.45) is 3.41. The number of nitrogens with one attached hydrogen (secondary N) is 1. The van der Waals surface area contributed by atoms with E-state index in [2.05, 4.69) is 51.7 Å². The number of benzene rings is 2. The molecule has 3 nitrogen and oxygen atoms in total. The van der Waals surface area contributed by atoms with Crippen LogP contribution in [0.2, 0.25) is 0 Å². The molecule has 0 fully saturated rings. The van der Waals surface area contributed by atoms with Gasteiger partial charge in [-0.05, 0) is 11.5 Å². The number of aromatic nitrogens is 2. The molecule has 3 heteroatoms. The second-order valence-electron chi connectivity index (χ2n) is 4.12. The van der Waals surface area contributed by atoms with Crippen LogP contribution in [-0.2, 0) is 0 Å². The molecule has 0 bridgehead atoms. The predicted octanol–water partition coefficient (Wildman–Crippen LogP) is 3.35. The van der Waals surface area contributed by atoms with E-state index in [-0.39, 0.29) is 0 Å². The number of fused-ring (bicyclic) bond motifs is 2. The van der Waals surface area contributed by atoms with Crippen molar-refractivity contribution in [2.45, 2.75) is 0 Å². The van der Waals surface area contributed by atoms with E-state index in [4.69, 9.17) is 0 Å². The topological polar surface area (TPSA) is 37.8 Å². The first-order chi connectivity index (χ1) is 8.43. The Balaban J connectivity index is 2.22. The van der Waals surface area contributed by atoms with Gasteiger partial charge < -0.3 is 5.32 Å². The van der Waals surface area contributed by atoms with Crippen LogP contribution in [0, 0.1) is 0 Å². The molecule has 0 amide bonds. The molecule has 17 heavy (non-hydrogen) atoms. The lowest BCUT2D eigenvalue weighted by atomic mass is 9.96. The van der Waals surface area contributed by atoms with Gasteiger partial charge in [-0.1, -0.05) is 30.3 Å². The van der Waals surface area contributed by atoms with E-state index in [0.717, 1.165) is 17.1 Å². The largest absolute Gasteiger partial charge is 0.352 e. The van der Waals surface area contributed by atoms with Crippen molar-refractivity contribution in [3.8, 4) is 11.3 Å². The maximum Gasteiger partial charge on any atom is 0.116 e. The van der Waals surface area contributed by atoms with Crippen LogP contribution in [0.25, 0.3) is 22.0 Å². The SMILES string of the molecule is c1cc2c3c(cccc3c1)-c1ncncc1N2. The lowest BCUT2D eigenvalue weighted by molar-refractivity contribution is 1.17. The second-order valence-corrected chi connectivity index (χ2v) is 4.12. The summed E-state index contributed by atoms with van der Waals surface area (Å²) in [4.78, 5) is 8.43. The summed E-state index contributed by atoms with van der Waals surface area (Å²) >= 11 is 0. The van der Waals surface area contributed by atoms with Crippen LogP contribution in [0.3, 0.4) is 0 Å². The quantitative estimate of drug-likeness (QED) is 0.493. The van der Waals surface area contributed by atoms with Crippen molar-refractivity contribution in [1.82, 2.24) is 9.97 Å². The molecule has 0 unspecified atom stereocenters. The maximum absolute atomic E-state index is 4.37. The van der Waals surface area contributed by atoms with Gasteiger partial charge in [-0.15, -0.1) is 0 Å². The Hall–Kier alpha value is -2.42. The summed E-state index contributed by atoms with van der Waals surface area (Å²) in [5.41, 5.74) is 4.25. The van der Waals surface area contributed by atoms with E-state index < -0.39 is 0 Å². The second kappa shape index (κ2) is 3.04. The van der Waals surface area contributed by atoms with Crippen LogP contribution in [0.1, 0.15) is 0 Å². The number of anilines is 2. The van der Waals surface area contributed by atoms with E-state index in [1.54, 1.807) is 6.33 Å². The molecule has 1 N–H and O–H groups in total. The van der Waals surface area contributed by atoms with Crippen molar-refractivity contribution < 1.29 is 0 Å². The zero-order valence-corrected chi connectivity index (χ0v) is 9.01. The van der Waals surface area contributed by atoms with Gasteiger partial charge in [-0.2, -0.15) is 0 Å². The van der Waals surface area contributed by atoms with E-state index in [1.165, 1.54) is 16.3 Å². The highest BCUT2D eigenvalue weighted by molar-refractivity contribution is 6.10. The minimum absolute atomic E-state index is 0.971. The van der Waals surface area contributed by atoms with Crippen LogP contribution < -0.4 is 5.32 Å². The Bertz CT molecular complexity index is 729. The first-order valence-corrected chi connectivity index (χ1v) is 5.52. The fraction of sp³-hybridized carbons (Fsp3) is 0. The summed E-state index contributed by atoms with van der Waals surface area (Å²) in [5.74, 6) is 0. The van der Waals surface area contributed by atoms with Gasteiger partial charge in [-0.25, -0.2) is 9.97 Å². The van der Waals surface area contributed by atoms with Gasteiger partial charge in [0.1, 0.15) is 6.33 Å². The Morgan fingerprint density at radius 2 is 1.82 bits per heavy atom. The monoisotopic (exact) mass is 219 g/mol. The van der Waals surface area contributed by atoms with Gasteiger partial charge in [0.15, 0.2) is 0 Å². The third-order valence-corrected chi connectivity index (χ3v) is 3.14. The van der Waals surface area contributed by atoms with E-state index in [1.807, 2.05) is 6.20 Å². The zero-order valence-electron chi connectivity index (χ0n) is 9.01. The molecule has 1 aliphatic heterocycles. The first-order valence-electron chi connectivity index (χ1n) is 5.52. The van der Waals surface area contributed by atoms with Gasteiger partial charge in [0.05, 0.1) is 17.6 Å². The molecule has 0 saturated heterocycles. The highest BCUT2D eigenvalue weighted by Gasteiger charge is 2.18. The summed E-state index contributed by atoms with van der Waals surface area (Å²) in [5, 5.41) is 5.85. The average Bonchev–Trinajstić information content (AvgIpc) is 2.39. The standard InChI is InChI=1S/C14H9N3/c1-3-9-4-2-6-11-13(9)10(5-1)14-12(17-11)7-15-8-16-14/h1-8,17H. The van der Waals surface area contributed by atoms with Crippen molar-refractivity contribution in [1.29, 1.82) is 0 Å². The third-order valence-electron chi connectivity index (χ3n) is 3.14. The van der Waals surface area contributed by atoms with Crippen LogP contribution in [0.15, 0.2) is 48.9 Å². The van der Waals surface area contributed by atoms with E-state index in [0.29, 0.717) is 0 Å². The molecular weight excluding hydrogens is 210 g/mol. The highest BCUT2D eigenvalue weighted by Crippen LogP contribution is 2.41. The van der Waals surface area contributed by atoms with Crippen LogP contribution in [-0.4, -0.2) is 9.97 Å². The minimum atomic E-state index is 0.971. The smallest absolute Gasteiger partial charge is 0.116 e. The normalized spacial score (nSPS) is 12.0. The maximum atomic E-state index is 4.37. The van der Waals surface area contributed by atoms with Crippen molar-refractivity contribution >= 4 is 22.1 Å². The number of rotatable bonds is 0. The van der Waals surface area contributed by atoms with Gasteiger partial charge in [-0.3, -0.25) is 0 Å². The Kier molecular flexibility index (Phi) is 1.56. The van der Waals surface area contributed by atoms with Gasteiger partial charge in [0.25, 0.3) is 0 Å². The fourth-order valence-electron chi connectivity index (χ4n) is 2.42. The van der Waals surface area contributed by atoms with Gasteiger partial charge >= 0.3 is 0 Å². The molecule has 0 radical (unpaired) electrons. The lowest BCUT2D eigenvalue weighted by Crippen LogP contribution is -2.02. The van der Waals surface area contributed by atoms with Crippen molar-refractivity contribution in [3.05, 3.63) is 48.9 Å². The molecular formula is C14H9N3. The summed E-state index contributed by atoms with van der Waals surface area (Å²) in [6, 6.07) is 12.6. The third kappa shape index (κ3) is 1.11. The van der Waals surface area contributed by atoms with Crippen LogP contribution in [0.5, 0.6) is 0 Å². The molecule has 0 atom stereocenters. The zero-order chi connectivity index (χ0) is 11.2. The number of nitrogens with zero attached hydrogens (tertiary/aromatic N) is 2. The molecule has 4 rings (SSSR count). The van der Waals surface area contributed by atoms with E-state index in [9.17, 15) is 0 Å². The van der Waals surface area contributed by atoms with Crippen molar-refractivity contribution in [3.63, 3.8) is 0 Å². The molecule has 3 aromatic rings. The number of hydrogen-bond donors (Lipinski definition) is 1. The minimum Gasteiger partial charge on any atom is -0.352 e. The molecule has 1 aliphatic rings.